The molecule has 1 aromatic rings. The van der Waals surface area contributed by atoms with Crippen molar-refractivity contribution < 1.29 is 0 Å². The highest BCUT2D eigenvalue weighted by Crippen LogP contribution is 2.31. The van der Waals surface area contributed by atoms with Gasteiger partial charge in [-0.05, 0) is 49.0 Å². The molecule has 1 heterocycles. The van der Waals surface area contributed by atoms with Crippen molar-refractivity contribution in [2.75, 3.05) is 0 Å². The van der Waals surface area contributed by atoms with Gasteiger partial charge in [-0.3, -0.25) is 0 Å². The Morgan fingerprint density at radius 1 is 1.05 bits per heavy atom. The van der Waals surface area contributed by atoms with Crippen molar-refractivity contribution in [3.8, 4) is 0 Å². The van der Waals surface area contributed by atoms with E-state index in [-0.39, 0.29) is 0 Å². The van der Waals surface area contributed by atoms with Gasteiger partial charge in [0.05, 0.1) is 6.04 Å². The lowest BCUT2D eigenvalue weighted by molar-refractivity contribution is 0.280. The smallest absolute Gasteiger partial charge is 0.0503 e. The van der Waals surface area contributed by atoms with E-state index in [0.29, 0.717) is 6.04 Å². The normalized spacial score (nSPS) is 19.7. The summed E-state index contributed by atoms with van der Waals surface area (Å²) in [7, 11) is 0. The van der Waals surface area contributed by atoms with Crippen LogP contribution >= 0.6 is 0 Å². The molecular weight excluding hydrogens is 230 g/mol. The van der Waals surface area contributed by atoms with Crippen LogP contribution in [0.15, 0.2) is 53.3 Å². The largest absolute Gasteiger partial charge is 0.366 e. The van der Waals surface area contributed by atoms with E-state index < -0.39 is 0 Å². The Kier molecular flexibility index (Phi) is 4.47. The Labute approximate surface area is 117 Å². The van der Waals surface area contributed by atoms with Gasteiger partial charge in [0.2, 0.25) is 0 Å². The summed E-state index contributed by atoms with van der Waals surface area (Å²) in [6.45, 7) is 10.1. The van der Waals surface area contributed by atoms with E-state index in [4.69, 9.17) is 0 Å². The summed E-state index contributed by atoms with van der Waals surface area (Å²) in [4.78, 5) is 2.51. The topological polar surface area (TPSA) is 3.24 Å². The van der Waals surface area contributed by atoms with Gasteiger partial charge < -0.3 is 4.90 Å². The highest BCUT2D eigenvalue weighted by atomic mass is 15.1. The second-order valence-corrected chi connectivity index (χ2v) is 5.40. The molecule has 0 amide bonds. The van der Waals surface area contributed by atoms with Crippen molar-refractivity contribution in [1.82, 2.24) is 4.90 Å². The number of hydrogen-bond acceptors (Lipinski definition) is 1. The molecule has 1 aliphatic rings. The predicted octanol–water partition coefficient (Wildman–Crippen LogP) is 4.91. The Morgan fingerprint density at radius 2 is 1.74 bits per heavy atom. The Bertz CT molecular complexity index is 482. The van der Waals surface area contributed by atoms with Crippen LogP contribution in [0.25, 0.3) is 0 Å². The Morgan fingerprint density at radius 3 is 2.32 bits per heavy atom. The van der Waals surface area contributed by atoms with Gasteiger partial charge in [-0.15, -0.1) is 0 Å². The van der Waals surface area contributed by atoms with Gasteiger partial charge >= 0.3 is 0 Å². The number of rotatable bonds is 4. The number of hydrogen-bond donors (Lipinski definition) is 0. The molecule has 2 rings (SSSR count). The zero-order chi connectivity index (χ0) is 13.8. The SMILES string of the molecule is CCC1=C(C)C(C)=CN(Cc2ccccc2)C1CC. The Balaban J connectivity index is 2.26. The van der Waals surface area contributed by atoms with Crippen LogP contribution in [-0.4, -0.2) is 10.9 Å². The third-order valence-corrected chi connectivity index (χ3v) is 4.21. The average Bonchev–Trinajstić information content (AvgIpc) is 2.43. The summed E-state index contributed by atoms with van der Waals surface area (Å²) < 4.78 is 0. The van der Waals surface area contributed by atoms with Crippen molar-refractivity contribution >= 4 is 0 Å². The molecule has 0 saturated carbocycles. The summed E-state index contributed by atoms with van der Waals surface area (Å²) in [6, 6.07) is 11.3. The van der Waals surface area contributed by atoms with E-state index in [9.17, 15) is 0 Å². The fourth-order valence-electron chi connectivity index (χ4n) is 3.07. The minimum absolute atomic E-state index is 0.564. The summed E-state index contributed by atoms with van der Waals surface area (Å²) >= 11 is 0. The zero-order valence-electron chi connectivity index (χ0n) is 12.6. The van der Waals surface area contributed by atoms with E-state index in [0.717, 1.165) is 13.0 Å². The van der Waals surface area contributed by atoms with Crippen LogP contribution in [0.1, 0.15) is 46.1 Å². The summed E-state index contributed by atoms with van der Waals surface area (Å²) in [5.41, 5.74) is 5.91. The first-order chi connectivity index (χ1) is 9.17. The van der Waals surface area contributed by atoms with Crippen molar-refractivity contribution in [1.29, 1.82) is 0 Å². The second-order valence-electron chi connectivity index (χ2n) is 5.40. The lowest BCUT2D eigenvalue weighted by Gasteiger charge is -2.37. The molecule has 0 bridgehead atoms. The van der Waals surface area contributed by atoms with Crippen LogP contribution in [-0.2, 0) is 6.54 Å². The molecule has 1 atom stereocenters. The molecule has 0 radical (unpaired) electrons. The third kappa shape index (κ3) is 2.91. The average molecular weight is 255 g/mol. The van der Waals surface area contributed by atoms with E-state index in [2.05, 4.69) is 69.1 Å². The molecule has 0 saturated heterocycles. The van der Waals surface area contributed by atoms with E-state index in [1.807, 2.05) is 0 Å². The van der Waals surface area contributed by atoms with E-state index >= 15 is 0 Å². The maximum atomic E-state index is 2.51. The molecule has 0 spiro atoms. The maximum absolute atomic E-state index is 2.51. The molecule has 0 fully saturated rings. The minimum Gasteiger partial charge on any atom is -0.366 e. The second kappa shape index (κ2) is 6.10. The number of allylic oxidation sites excluding steroid dienone is 2. The lowest BCUT2D eigenvalue weighted by Crippen LogP contribution is -2.35. The molecule has 102 valence electrons. The standard InChI is InChI=1S/C18H25N/c1-5-17-15(4)14(3)12-19(18(17)6-2)13-16-10-8-7-9-11-16/h7-12,18H,5-6,13H2,1-4H3. The van der Waals surface area contributed by atoms with Crippen molar-refractivity contribution in [2.24, 2.45) is 0 Å². The summed E-state index contributed by atoms with van der Waals surface area (Å²) in [5.74, 6) is 0. The van der Waals surface area contributed by atoms with Gasteiger partial charge in [-0.2, -0.15) is 0 Å². The van der Waals surface area contributed by atoms with Crippen LogP contribution in [0, 0.1) is 0 Å². The van der Waals surface area contributed by atoms with Crippen molar-refractivity contribution in [3.63, 3.8) is 0 Å². The maximum Gasteiger partial charge on any atom is 0.0503 e. The van der Waals surface area contributed by atoms with Gasteiger partial charge in [0.15, 0.2) is 0 Å². The first-order valence-corrected chi connectivity index (χ1v) is 7.35. The van der Waals surface area contributed by atoms with Crippen LogP contribution < -0.4 is 0 Å². The molecule has 19 heavy (non-hydrogen) atoms. The van der Waals surface area contributed by atoms with Crippen LogP contribution in [0.5, 0.6) is 0 Å². The van der Waals surface area contributed by atoms with Gasteiger partial charge in [0.1, 0.15) is 0 Å². The highest BCUT2D eigenvalue weighted by Gasteiger charge is 2.24. The Hall–Kier alpha value is -1.50. The lowest BCUT2D eigenvalue weighted by atomic mass is 9.89. The van der Waals surface area contributed by atoms with Crippen molar-refractivity contribution in [2.45, 2.75) is 53.1 Å². The summed E-state index contributed by atoms with van der Waals surface area (Å²) in [6.07, 6.45) is 4.67. The summed E-state index contributed by atoms with van der Waals surface area (Å²) in [5, 5.41) is 0. The van der Waals surface area contributed by atoms with Gasteiger partial charge in [-0.1, -0.05) is 44.2 Å². The molecule has 1 heteroatoms. The van der Waals surface area contributed by atoms with Gasteiger partial charge in [-0.25, -0.2) is 0 Å². The fraction of sp³-hybridized carbons (Fsp3) is 0.444. The van der Waals surface area contributed by atoms with Gasteiger partial charge in [0.25, 0.3) is 0 Å². The molecule has 1 unspecified atom stereocenters. The van der Waals surface area contributed by atoms with Crippen molar-refractivity contribution in [3.05, 3.63) is 58.8 Å². The molecule has 0 N–H and O–H groups in total. The monoisotopic (exact) mass is 255 g/mol. The quantitative estimate of drug-likeness (QED) is 0.738. The number of benzene rings is 1. The zero-order valence-corrected chi connectivity index (χ0v) is 12.6. The first-order valence-electron chi connectivity index (χ1n) is 7.35. The molecule has 0 aromatic heterocycles. The van der Waals surface area contributed by atoms with Crippen LogP contribution in [0.4, 0.5) is 0 Å². The van der Waals surface area contributed by atoms with Crippen LogP contribution in [0.2, 0.25) is 0 Å². The molecular formula is C18H25N. The molecule has 1 aromatic carbocycles. The van der Waals surface area contributed by atoms with Crippen LogP contribution in [0.3, 0.4) is 0 Å². The number of nitrogens with zero attached hydrogens (tertiary/aromatic N) is 1. The molecule has 0 aliphatic carbocycles. The van der Waals surface area contributed by atoms with E-state index in [1.165, 1.54) is 23.1 Å². The van der Waals surface area contributed by atoms with E-state index in [1.54, 1.807) is 5.57 Å². The minimum atomic E-state index is 0.564. The first kappa shape index (κ1) is 13.9. The fourth-order valence-corrected chi connectivity index (χ4v) is 3.07. The highest BCUT2D eigenvalue weighted by molar-refractivity contribution is 5.38. The van der Waals surface area contributed by atoms with Gasteiger partial charge in [0, 0.05) is 12.7 Å². The predicted molar refractivity (Wildman–Crippen MR) is 82.8 cm³/mol. The third-order valence-electron chi connectivity index (χ3n) is 4.21. The molecule has 1 aliphatic heterocycles. The molecule has 1 nitrogen and oxygen atoms in total.